The molecule has 0 atom stereocenters. The highest BCUT2D eigenvalue weighted by atomic mass is 32.1. The number of ketones is 1. The van der Waals surface area contributed by atoms with Gasteiger partial charge in [-0.25, -0.2) is 4.68 Å². The van der Waals surface area contributed by atoms with Crippen molar-refractivity contribution in [2.45, 2.75) is 6.92 Å². The number of aryl methyl sites for hydroxylation is 1. The van der Waals surface area contributed by atoms with Crippen LogP contribution in [0.15, 0.2) is 54.2 Å². The predicted molar refractivity (Wildman–Crippen MR) is 76.1 cm³/mol. The Morgan fingerprint density at radius 2 is 2.00 bits per heavy atom. The molecule has 0 amide bonds. The van der Waals surface area contributed by atoms with E-state index in [9.17, 15) is 4.79 Å². The summed E-state index contributed by atoms with van der Waals surface area (Å²) in [4.78, 5) is 13.4. The molecule has 19 heavy (non-hydrogen) atoms. The van der Waals surface area contributed by atoms with Crippen molar-refractivity contribution >= 4 is 17.1 Å². The summed E-state index contributed by atoms with van der Waals surface area (Å²) >= 11 is 1.58. The molecule has 3 aromatic rings. The van der Waals surface area contributed by atoms with E-state index in [-0.39, 0.29) is 5.78 Å². The van der Waals surface area contributed by atoms with Crippen molar-refractivity contribution in [1.29, 1.82) is 0 Å². The molecule has 0 aliphatic carbocycles. The van der Waals surface area contributed by atoms with Crippen LogP contribution in [-0.4, -0.2) is 15.6 Å². The molecule has 0 aliphatic heterocycles. The van der Waals surface area contributed by atoms with Gasteiger partial charge in [-0.05, 0) is 30.5 Å². The van der Waals surface area contributed by atoms with Gasteiger partial charge in [0.05, 0.1) is 17.4 Å². The summed E-state index contributed by atoms with van der Waals surface area (Å²) in [5.74, 6) is 0.0286. The van der Waals surface area contributed by atoms with Gasteiger partial charge in [-0.2, -0.15) is 5.10 Å². The Hall–Kier alpha value is -2.20. The Balaban J connectivity index is 1.94. The number of hydrogen-bond acceptors (Lipinski definition) is 3. The molecule has 0 radical (unpaired) electrons. The summed E-state index contributed by atoms with van der Waals surface area (Å²) in [5, 5.41) is 6.18. The van der Waals surface area contributed by atoms with Gasteiger partial charge >= 0.3 is 0 Å². The predicted octanol–water partition coefficient (Wildman–Crippen LogP) is 3.47. The highest BCUT2D eigenvalue weighted by Gasteiger charge is 2.14. The van der Waals surface area contributed by atoms with E-state index in [1.807, 2.05) is 48.7 Å². The lowest BCUT2D eigenvalue weighted by Crippen LogP contribution is -2.00. The average Bonchev–Trinajstić information content (AvgIpc) is 3.08. The summed E-state index contributed by atoms with van der Waals surface area (Å²) in [5.41, 5.74) is 2.33. The zero-order chi connectivity index (χ0) is 13.2. The molecule has 1 aromatic carbocycles. The molecule has 0 saturated carbocycles. The van der Waals surface area contributed by atoms with Gasteiger partial charge < -0.3 is 0 Å². The zero-order valence-electron chi connectivity index (χ0n) is 10.4. The van der Waals surface area contributed by atoms with Crippen molar-refractivity contribution in [1.82, 2.24) is 9.78 Å². The first kappa shape index (κ1) is 11.9. The maximum Gasteiger partial charge on any atom is 0.197 e. The fourth-order valence-electron chi connectivity index (χ4n) is 1.94. The number of rotatable bonds is 3. The van der Waals surface area contributed by atoms with E-state index in [1.54, 1.807) is 28.4 Å². The number of benzene rings is 1. The Morgan fingerprint density at radius 1 is 1.21 bits per heavy atom. The van der Waals surface area contributed by atoms with Crippen molar-refractivity contribution < 1.29 is 4.79 Å². The third kappa shape index (κ3) is 2.22. The van der Waals surface area contributed by atoms with Gasteiger partial charge in [0.1, 0.15) is 0 Å². The Kier molecular flexibility index (Phi) is 3.01. The molecule has 0 bridgehead atoms. The minimum atomic E-state index is 0.0286. The van der Waals surface area contributed by atoms with Gasteiger partial charge in [-0.3, -0.25) is 4.79 Å². The van der Waals surface area contributed by atoms with E-state index in [0.29, 0.717) is 5.56 Å². The highest BCUT2D eigenvalue weighted by molar-refractivity contribution is 7.10. The number of nitrogens with zero attached hydrogens (tertiary/aromatic N) is 2. The third-order valence-electron chi connectivity index (χ3n) is 2.97. The van der Waals surface area contributed by atoms with Crippen molar-refractivity contribution in [3.05, 3.63) is 70.2 Å². The Bertz CT molecular complexity index is 713. The molecule has 0 saturated heterocycles. The van der Waals surface area contributed by atoms with E-state index >= 15 is 0 Å². The van der Waals surface area contributed by atoms with Gasteiger partial charge in [0.2, 0.25) is 0 Å². The Labute approximate surface area is 115 Å². The summed E-state index contributed by atoms with van der Waals surface area (Å²) in [6.45, 7) is 1.96. The SMILES string of the molecule is Cc1sccc1C(=O)c1cnn(-c2ccccc2)c1. The van der Waals surface area contributed by atoms with Crippen molar-refractivity contribution in [2.24, 2.45) is 0 Å². The molecular formula is C15H12N2OS. The smallest absolute Gasteiger partial charge is 0.197 e. The molecule has 3 rings (SSSR count). The van der Waals surface area contributed by atoms with Gasteiger partial charge in [0.15, 0.2) is 5.78 Å². The quantitative estimate of drug-likeness (QED) is 0.682. The van der Waals surface area contributed by atoms with Crippen molar-refractivity contribution in [3.63, 3.8) is 0 Å². The maximum atomic E-state index is 12.3. The number of hydrogen-bond donors (Lipinski definition) is 0. The van der Waals surface area contributed by atoms with Gasteiger partial charge in [-0.1, -0.05) is 18.2 Å². The zero-order valence-corrected chi connectivity index (χ0v) is 11.2. The molecule has 3 nitrogen and oxygen atoms in total. The first-order chi connectivity index (χ1) is 9.25. The van der Waals surface area contributed by atoms with Crippen LogP contribution in [-0.2, 0) is 0 Å². The van der Waals surface area contributed by atoms with Gasteiger partial charge in [0, 0.05) is 16.6 Å². The van der Waals surface area contributed by atoms with Crippen LogP contribution in [0.3, 0.4) is 0 Å². The summed E-state index contributed by atoms with van der Waals surface area (Å²) < 4.78 is 1.72. The summed E-state index contributed by atoms with van der Waals surface area (Å²) in [6.07, 6.45) is 3.39. The molecule has 2 heterocycles. The number of carbonyl (C=O) groups is 1. The number of aromatic nitrogens is 2. The van der Waals surface area contributed by atoms with Crippen LogP contribution in [0.2, 0.25) is 0 Å². The van der Waals surface area contributed by atoms with Crippen molar-refractivity contribution in [2.75, 3.05) is 0 Å². The second-order valence-corrected chi connectivity index (χ2v) is 5.35. The lowest BCUT2D eigenvalue weighted by atomic mass is 10.1. The standard InChI is InChI=1S/C15H12N2OS/c1-11-14(7-8-19-11)15(18)12-9-16-17(10-12)13-5-3-2-4-6-13/h2-10H,1H3. The largest absolute Gasteiger partial charge is 0.288 e. The maximum absolute atomic E-state index is 12.3. The van der Waals surface area contributed by atoms with Crippen LogP contribution >= 0.6 is 11.3 Å². The monoisotopic (exact) mass is 268 g/mol. The van der Waals surface area contributed by atoms with E-state index in [2.05, 4.69) is 5.10 Å². The second kappa shape index (κ2) is 4.82. The summed E-state index contributed by atoms with van der Waals surface area (Å²) in [6, 6.07) is 11.6. The van der Waals surface area contributed by atoms with Crippen LogP contribution in [0.4, 0.5) is 0 Å². The number of carbonyl (C=O) groups excluding carboxylic acids is 1. The molecule has 4 heteroatoms. The molecular weight excluding hydrogens is 256 g/mol. The normalized spacial score (nSPS) is 10.6. The van der Waals surface area contributed by atoms with E-state index in [0.717, 1.165) is 16.1 Å². The molecule has 0 aliphatic rings. The van der Waals surface area contributed by atoms with Gasteiger partial charge in [-0.15, -0.1) is 11.3 Å². The topological polar surface area (TPSA) is 34.9 Å². The second-order valence-electron chi connectivity index (χ2n) is 4.23. The number of thiophene rings is 1. The highest BCUT2D eigenvalue weighted by Crippen LogP contribution is 2.19. The fraction of sp³-hybridized carbons (Fsp3) is 0.0667. The van der Waals surface area contributed by atoms with Crippen LogP contribution in [0.5, 0.6) is 0 Å². The lowest BCUT2D eigenvalue weighted by molar-refractivity contribution is 0.103. The average molecular weight is 268 g/mol. The van der Waals surface area contributed by atoms with Crippen LogP contribution in [0, 0.1) is 6.92 Å². The first-order valence-corrected chi connectivity index (χ1v) is 6.82. The van der Waals surface area contributed by atoms with Gasteiger partial charge in [0.25, 0.3) is 0 Å². The van der Waals surface area contributed by atoms with Crippen molar-refractivity contribution in [3.8, 4) is 5.69 Å². The molecule has 0 unspecified atom stereocenters. The van der Waals surface area contributed by atoms with E-state index < -0.39 is 0 Å². The fourth-order valence-corrected chi connectivity index (χ4v) is 2.63. The molecule has 2 aromatic heterocycles. The first-order valence-electron chi connectivity index (χ1n) is 5.94. The molecule has 0 N–H and O–H groups in total. The van der Waals surface area contributed by atoms with E-state index in [1.165, 1.54) is 0 Å². The molecule has 0 fully saturated rings. The third-order valence-corrected chi connectivity index (χ3v) is 3.81. The molecule has 0 spiro atoms. The van der Waals surface area contributed by atoms with Crippen LogP contribution in [0.1, 0.15) is 20.8 Å². The summed E-state index contributed by atoms with van der Waals surface area (Å²) in [7, 11) is 0. The lowest BCUT2D eigenvalue weighted by Gasteiger charge is -1.99. The van der Waals surface area contributed by atoms with Crippen LogP contribution in [0.25, 0.3) is 5.69 Å². The number of para-hydroxylation sites is 1. The minimum absolute atomic E-state index is 0.0286. The Morgan fingerprint density at radius 3 is 2.68 bits per heavy atom. The minimum Gasteiger partial charge on any atom is -0.288 e. The van der Waals surface area contributed by atoms with E-state index in [4.69, 9.17) is 0 Å². The van der Waals surface area contributed by atoms with Crippen LogP contribution < -0.4 is 0 Å². The molecule has 94 valence electrons.